The van der Waals surface area contributed by atoms with Gasteiger partial charge in [0.25, 0.3) is 0 Å². The van der Waals surface area contributed by atoms with Crippen LogP contribution < -0.4 is 5.73 Å². The maximum absolute atomic E-state index is 6.41. The van der Waals surface area contributed by atoms with E-state index < -0.39 is 0 Å². The Labute approximate surface area is 127 Å². The minimum Gasteiger partial charge on any atom is -0.324 e. The number of nitrogens with zero attached hydrogens (tertiary/aromatic N) is 2. The van der Waals surface area contributed by atoms with E-state index in [1.165, 1.54) is 42.4 Å². The molecule has 2 aromatic rings. The Morgan fingerprint density at radius 1 is 1.24 bits per heavy atom. The Hall–Kier alpha value is -1.61. The number of nitrogens with two attached hydrogens (primary N) is 1. The van der Waals surface area contributed by atoms with Gasteiger partial charge in [-0.25, -0.2) is 0 Å². The lowest BCUT2D eigenvalue weighted by molar-refractivity contribution is 0.461. The smallest absolute Gasteiger partial charge is 0.0643 e. The minimum absolute atomic E-state index is 0.0248. The second kappa shape index (κ2) is 6.02. The van der Waals surface area contributed by atoms with E-state index >= 15 is 0 Å². The molecule has 0 radical (unpaired) electrons. The fourth-order valence-corrected chi connectivity index (χ4v) is 3.35. The molecular formula is C18H25N3. The van der Waals surface area contributed by atoms with Crippen molar-refractivity contribution in [2.75, 3.05) is 0 Å². The molecule has 1 aliphatic carbocycles. The zero-order valence-corrected chi connectivity index (χ0v) is 13.0. The molecule has 0 spiro atoms. The van der Waals surface area contributed by atoms with E-state index in [4.69, 9.17) is 10.8 Å². The number of benzene rings is 1. The van der Waals surface area contributed by atoms with Crippen LogP contribution in [0.5, 0.6) is 0 Å². The topological polar surface area (TPSA) is 43.8 Å². The Morgan fingerprint density at radius 2 is 2.00 bits per heavy atom. The maximum atomic E-state index is 6.41. The quantitative estimate of drug-likeness (QED) is 0.926. The number of aromatic nitrogens is 2. The second-order valence-electron chi connectivity index (χ2n) is 6.40. The molecule has 1 aliphatic rings. The standard InChI is InChI=1S/C18H25N3/c1-13-7-8-14(2)17(11-13)18(19)12-15-9-10-21(20-15)16-5-3-4-6-16/h7-11,16,18H,3-6,12,19H2,1-2H3. The zero-order valence-electron chi connectivity index (χ0n) is 13.0. The summed E-state index contributed by atoms with van der Waals surface area (Å²) >= 11 is 0. The summed E-state index contributed by atoms with van der Waals surface area (Å²) in [5.41, 5.74) is 11.3. The fourth-order valence-electron chi connectivity index (χ4n) is 3.35. The fraction of sp³-hybridized carbons (Fsp3) is 0.500. The minimum atomic E-state index is 0.0248. The Kier molecular flexibility index (Phi) is 4.11. The Morgan fingerprint density at radius 3 is 2.76 bits per heavy atom. The summed E-state index contributed by atoms with van der Waals surface area (Å²) in [6.07, 6.45) is 8.14. The molecule has 1 aromatic carbocycles. The van der Waals surface area contributed by atoms with E-state index in [1.54, 1.807) is 0 Å². The van der Waals surface area contributed by atoms with E-state index in [0.29, 0.717) is 6.04 Å². The molecule has 112 valence electrons. The van der Waals surface area contributed by atoms with Crippen molar-refractivity contribution in [3.63, 3.8) is 0 Å². The normalized spacial score (nSPS) is 17.3. The number of aryl methyl sites for hydroxylation is 2. The molecule has 1 atom stereocenters. The Bertz CT molecular complexity index is 609. The first-order valence-corrected chi connectivity index (χ1v) is 8.00. The van der Waals surface area contributed by atoms with Crippen LogP contribution in [0.25, 0.3) is 0 Å². The van der Waals surface area contributed by atoms with Crippen LogP contribution in [-0.4, -0.2) is 9.78 Å². The van der Waals surface area contributed by atoms with Gasteiger partial charge in [0.05, 0.1) is 11.7 Å². The predicted octanol–water partition coefficient (Wildman–Crippen LogP) is 3.86. The van der Waals surface area contributed by atoms with Gasteiger partial charge in [0.1, 0.15) is 0 Å². The average Bonchev–Trinajstić information content (AvgIpc) is 3.11. The first-order valence-electron chi connectivity index (χ1n) is 8.00. The molecule has 21 heavy (non-hydrogen) atoms. The Balaban J connectivity index is 1.72. The molecule has 0 amide bonds. The van der Waals surface area contributed by atoms with E-state index in [9.17, 15) is 0 Å². The predicted molar refractivity (Wildman–Crippen MR) is 86.3 cm³/mol. The molecule has 1 unspecified atom stereocenters. The van der Waals surface area contributed by atoms with Gasteiger partial charge >= 0.3 is 0 Å². The van der Waals surface area contributed by atoms with Crippen LogP contribution in [0.15, 0.2) is 30.5 Å². The highest BCUT2D eigenvalue weighted by atomic mass is 15.3. The lowest BCUT2D eigenvalue weighted by Gasteiger charge is -2.15. The number of hydrogen-bond acceptors (Lipinski definition) is 2. The molecule has 2 N–H and O–H groups in total. The van der Waals surface area contributed by atoms with Crippen LogP contribution in [0.1, 0.15) is 60.2 Å². The van der Waals surface area contributed by atoms with Crippen molar-refractivity contribution in [2.45, 2.75) is 58.0 Å². The number of rotatable bonds is 4. The third-order valence-corrected chi connectivity index (χ3v) is 4.63. The van der Waals surface area contributed by atoms with Gasteiger partial charge in [0.2, 0.25) is 0 Å². The highest BCUT2D eigenvalue weighted by molar-refractivity contribution is 5.33. The third kappa shape index (κ3) is 3.18. The van der Waals surface area contributed by atoms with Crippen LogP contribution in [0.2, 0.25) is 0 Å². The summed E-state index contributed by atoms with van der Waals surface area (Å²) in [4.78, 5) is 0. The van der Waals surface area contributed by atoms with Gasteiger partial charge in [-0.2, -0.15) is 5.10 Å². The van der Waals surface area contributed by atoms with Crippen molar-refractivity contribution in [2.24, 2.45) is 5.73 Å². The first-order chi connectivity index (χ1) is 10.1. The largest absolute Gasteiger partial charge is 0.324 e. The molecular weight excluding hydrogens is 258 g/mol. The summed E-state index contributed by atoms with van der Waals surface area (Å²) in [5, 5.41) is 4.75. The van der Waals surface area contributed by atoms with Crippen molar-refractivity contribution < 1.29 is 0 Å². The molecule has 1 fully saturated rings. The van der Waals surface area contributed by atoms with Crippen LogP contribution in [-0.2, 0) is 6.42 Å². The van der Waals surface area contributed by atoms with Crippen LogP contribution >= 0.6 is 0 Å². The molecule has 0 saturated heterocycles. The van der Waals surface area contributed by atoms with Gasteiger partial charge in [-0.3, -0.25) is 4.68 Å². The monoisotopic (exact) mass is 283 g/mol. The summed E-state index contributed by atoms with van der Waals surface area (Å²) in [6, 6.07) is 9.26. The summed E-state index contributed by atoms with van der Waals surface area (Å²) in [7, 11) is 0. The molecule has 1 saturated carbocycles. The average molecular weight is 283 g/mol. The van der Waals surface area contributed by atoms with Crippen LogP contribution in [0, 0.1) is 13.8 Å². The van der Waals surface area contributed by atoms with Gasteiger partial charge in [0.15, 0.2) is 0 Å². The van der Waals surface area contributed by atoms with Crippen molar-refractivity contribution in [1.29, 1.82) is 0 Å². The van der Waals surface area contributed by atoms with E-state index in [2.05, 4.69) is 49.0 Å². The van der Waals surface area contributed by atoms with Crippen LogP contribution in [0.3, 0.4) is 0 Å². The van der Waals surface area contributed by atoms with Gasteiger partial charge < -0.3 is 5.73 Å². The van der Waals surface area contributed by atoms with Crippen molar-refractivity contribution in [1.82, 2.24) is 9.78 Å². The van der Waals surface area contributed by atoms with Gasteiger partial charge in [-0.1, -0.05) is 36.6 Å². The SMILES string of the molecule is Cc1ccc(C)c(C(N)Cc2ccn(C3CCCC3)n2)c1. The third-order valence-electron chi connectivity index (χ3n) is 4.63. The van der Waals surface area contributed by atoms with Crippen molar-refractivity contribution >= 4 is 0 Å². The van der Waals surface area contributed by atoms with E-state index in [0.717, 1.165) is 12.1 Å². The van der Waals surface area contributed by atoms with Gasteiger partial charge in [0, 0.05) is 18.7 Å². The zero-order chi connectivity index (χ0) is 14.8. The lowest BCUT2D eigenvalue weighted by atomic mass is 9.96. The molecule has 1 aromatic heterocycles. The highest BCUT2D eigenvalue weighted by Gasteiger charge is 2.18. The van der Waals surface area contributed by atoms with Crippen molar-refractivity contribution in [3.8, 4) is 0 Å². The van der Waals surface area contributed by atoms with E-state index in [1.807, 2.05) is 0 Å². The van der Waals surface area contributed by atoms with E-state index in [-0.39, 0.29) is 6.04 Å². The molecule has 0 bridgehead atoms. The van der Waals surface area contributed by atoms with Gasteiger partial charge in [-0.05, 0) is 43.9 Å². The second-order valence-corrected chi connectivity index (χ2v) is 6.40. The van der Waals surface area contributed by atoms with Gasteiger partial charge in [-0.15, -0.1) is 0 Å². The molecule has 3 rings (SSSR count). The summed E-state index contributed by atoms with van der Waals surface area (Å²) in [5.74, 6) is 0. The maximum Gasteiger partial charge on any atom is 0.0643 e. The van der Waals surface area contributed by atoms with Crippen LogP contribution in [0.4, 0.5) is 0 Å². The molecule has 3 nitrogen and oxygen atoms in total. The first kappa shape index (κ1) is 14.3. The molecule has 1 heterocycles. The van der Waals surface area contributed by atoms with Crippen molar-refractivity contribution in [3.05, 3.63) is 52.8 Å². The summed E-state index contributed by atoms with van der Waals surface area (Å²) < 4.78 is 2.15. The lowest BCUT2D eigenvalue weighted by Crippen LogP contribution is -2.15. The molecule has 0 aliphatic heterocycles. The number of hydrogen-bond donors (Lipinski definition) is 1. The highest BCUT2D eigenvalue weighted by Crippen LogP contribution is 2.29. The summed E-state index contributed by atoms with van der Waals surface area (Å²) in [6.45, 7) is 4.25. The molecule has 3 heteroatoms.